The molecule has 0 aromatic carbocycles. The summed E-state index contributed by atoms with van der Waals surface area (Å²) in [6.45, 7) is 6.18. The van der Waals surface area contributed by atoms with Crippen molar-refractivity contribution in [2.75, 3.05) is 12.4 Å². The van der Waals surface area contributed by atoms with Crippen LogP contribution < -0.4 is 11.4 Å². The summed E-state index contributed by atoms with van der Waals surface area (Å²) in [5.41, 5.74) is 4.55. The minimum Gasteiger partial charge on any atom is -0.465 e. The fraction of sp³-hybridized carbons (Fsp3) is 0.727. The van der Waals surface area contributed by atoms with E-state index < -0.39 is 11.5 Å². The Morgan fingerprint density at radius 2 is 2.26 bits per heavy atom. The largest absolute Gasteiger partial charge is 0.465 e. The Hall–Kier alpha value is -1.28. The Kier molecular flexibility index (Phi) is 5.61. The molecule has 0 fully saturated rings. The number of esters is 1. The van der Waals surface area contributed by atoms with Gasteiger partial charge in [-0.2, -0.15) is 0 Å². The standard InChI is InChI=1S/C11H20N4O3S/c1-4-6-15-9(17)13-14-10(15)19-7-11(3,12)8(16)18-5-2/h4-7,12H2,1-3H3,(H,13,17). The molecule has 7 nitrogen and oxygen atoms in total. The fourth-order valence-corrected chi connectivity index (χ4v) is 2.39. The van der Waals surface area contributed by atoms with Gasteiger partial charge in [0.1, 0.15) is 5.54 Å². The van der Waals surface area contributed by atoms with Gasteiger partial charge in [0.15, 0.2) is 5.16 Å². The smallest absolute Gasteiger partial charge is 0.343 e. The molecule has 0 saturated heterocycles. The van der Waals surface area contributed by atoms with Gasteiger partial charge in [0.2, 0.25) is 0 Å². The minimum absolute atomic E-state index is 0.251. The second kappa shape index (κ2) is 6.76. The second-order valence-electron chi connectivity index (χ2n) is 4.39. The maximum absolute atomic E-state index is 11.6. The topological polar surface area (TPSA) is 103 Å². The van der Waals surface area contributed by atoms with Gasteiger partial charge < -0.3 is 10.5 Å². The molecule has 108 valence electrons. The zero-order valence-corrected chi connectivity index (χ0v) is 12.2. The quantitative estimate of drug-likeness (QED) is 0.554. The molecule has 1 aromatic rings. The summed E-state index contributed by atoms with van der Waals surface area (Å²) >= 11 is 1.26. The molecular formula is C11H20N4O3S. The molecule has 1 atom stereocenters. The first-order valence-corrected chi connectivity index (χ1v) is 7.15. The van der Waals surface area contributed by atoms with Crippen LogP contribution in [0.25, 0.3) is 0 Å². The highest BCUT2D eigenvalue weighted by atomic mass is 32.2. The lowest BCUT2D eigenvalue weighted by atomic mass is 10.1. The van der Waals surface area contributed by atoms with Crippen LogP contribution >= 0.6 is 11.8 Å². The van der Waals surface area contributed by atoms with E-state index >= 15 is 0 Å². The van der Waals surface area contributed by atoms with Crippen molar-refractivity contribution in [1.29, 1.82) is 0 Å². The van der Waals surface area contributed by atoms with Gasteiger partial charge in [-0.05, 0) is 20.3 Å². The normalized spacial score (nSPS) is 14.1. The number of carbonyl (C=O) groups is 1. The molecule has 0 aliphatic rings. The van der Waals surface area contributed by atoms with Crippen LogP contribution in [0.2, 0.25) is 0 Å². The number of hydrogen-bond acceptors (Lipinski definition) is 6. The highest BCUT2D eigenvalue weighted by Crippen LogP contribution is 2.19. The number of nitrogens with zero attached hydrogens (tertiary/aromatic N) is 2. The maximum Gasteiger partial charge on any atom is 0.343 e. The van der Waals surface area contributed by atoms with E-state index in [1.807, 2.05) is 6.92 Å². The van der Waals surface area contributed by atoms with Crippen LogP contribution in [0.5, 0.6) is 0 Å². The molecule has 0 saturated carbocycles. The Labute approximate surface area is 115 Å². The second-order valence-corrected chi connectivity index (χ2v) is 5.33. The molecule has 1 rings (SSSR count). The average molecular weight is 288 g/mol. The third-order valence-electron chi connectivity index (χ3n) is 2.41. The number of nitrogens with two attached hydrogens (primary N) is 1. The molecule has 1 heterocycles. The Morgan fingerprint density at radius 3 is 2.84 bits per heavy atom. The van der Waals surface area contributed by atoms with Crippen molar-refractivity contribution in [2.45, 2.75) is 44.4 Å². The monoisotopic (exact) mass is 288 g/mol. The van der Waals surface area contributed by atoms with Crippen LogP contribution in [0, 0.1) is 0 Å². The maximum atomic E-state index is 11.6. The SMILES string of the molecule is CCCn1c(SCC(C)(N)C(=O)OCC)n[nH]c1=O. The van der Waals surface area contributed by atoms with Crippen LogP contribution in [-0.4, -0.2) is 38.6 Å². The van der Waals surface area contributed by atoms with Crippen LogP contribution in [0.1, 0.15) is 27.2 Å². The molecule has 19 heavy (non-hydrogen) atoms. The Balaban J connectivity index is 2.71. The van der Waals surface area contributed by atoms with Gasteiger partial charge in [0.05, 0.1) is 6.61 Å². The molecule has 3 N–H and O–H groups in total. The van der Waals surface area contributed by atoms with Gasteiger partial charge in [-0.1, -0.05) is 18.7 Å². The molecule has 0 bridgehead atoms. The number of rotatable bonds is 7. The average Bonchev–Trinajstić information content (AvgIpc) is 2.69. The zero-order valence-electron chi connectivity index (χ0n) is 11.4. The fourth-order valence-electron chi connectivity index (χ4n) is 1.40. The Bertz CT molecular complexity index is 481. The summed E-state index contributed by atoms with van der Waals surface area (Å²) in [7, 11) is 0. The summed E-state index contributed by atoms with van der Waals surface area (Å²) < 4.78 is 6.44. The third kappa shape index (κ3) is 4.10. The number of nitrogens with one attached hydrogen (secondary N) is 1. The van der Waals surface area contributed by atoms with Crippen LogP contribution in [0.3, 0.4) is 0 Å². The number of carbonyl (C=O) groups excluding carboxylic acids is 1. The molecule has 0 amide bonds. The lowest BCUT2D eigenvalue weighted by Gasteiger charge is -2.21. The highest BCUT2D eigenvalue weighted by Gasteiger charge is 2.30. The van der Waals surface area contributed by atoms with E-state index in [2.05, 4.69) is 10.2 Å². The molecule has 1 aromatic heterocycles. The molecule has 0 radical (unpaired) electrons. The minimum atomic E-state index is -1.10. The highest BCUT2D eigenvalue weighted by molar-refractivity contribution is 7.99. The first kappa shape index (κ1) is 15.8. The summed E-state index contributed by atoms with van der Waals surface area (Å²) in [6, 6.07) is 0. The van der Waals surface area contributed by atoms with Crippen LogP contribution in [-0.2, 0) is 16.1 Å². The van der Waals surface area contributed by atoms with Crippen molar-refractivity contribution < 1.29 is 9.53 Å². The van der Waals surface area contributed by atoms with E-state index in [1.54, 1.807) is 13.8 Å². The third-order valence-corrected chi connectivity index (χ3v) is 3.73. The van der Waals surface area contributed by atoms with Crippen molar-refractivity contribution >= 4 is 17.7 Å². The van der Waals surface area contributed by atoms with Gasteiger partial charge >= 0.3 is 11.7 Å². The number of aromatic nitrogens is 3. The molecular weight excluding hydrogens is 268 g/mol. The van der Waals surface area contributed by atoms with Crippen LogP contribution in [0.4, 0.5) is 0 Å². The lowest BCUT2D eigenvalue weighted by Crippen LogP contribution is -2.48. The van der Waals surface area contributed by atoms with Gasteiger partial charge in [-0.25, -0.2) is 9.89 Å². The van der Waals surface area contributed by atoms with Crippen molar-refractivity contribution in [1.82, 2.24) is 14.8 Å². The van der Waals surface area contributed by atoms with E-state index in [1.165, 1.54) is 16.3 Å². The molecule has 0 aliphatic heterocycles. The van der Waals surface area contributed by atoms with Gasteiger partial charge in [0.25, 0.3) is 0 Å². The van der Waals surface area contributed by atoms with E-state index in [0.29, 0.717) is 24.1 Å². The van der Waals surface area contributed by atoms with Crippen molar-refractivity contribution in [3.05, 3.63) is 10.5 Å². The molecule has 0 aliphatic carbocycles. The number of aromatic amines is 1. The van der Waals surface area contributed by atoms with E-state index in [9.17, 15) is 9.59 Å². The van der Waals surface area contributed by atoms with Crippen LogP contribution in [0.15, 0.2) is 9.95 Å². The van der Waals surface area contributed by atoms with Gasteiger partial charge in [-0.15, -0.1) is 5.10 Å². The molecule has 1 unspecified atom stereocenters. The van der Waals surface area contributed by atoms with Crippen molar-refractivity contribution in [3.8, 4) is 0 Å². The first-order valence-electron chi connectivity index (χ1n) is 6.16. The number of H-pyrrole nitrogens is 1. The number of ether oxygens (including phenoxy) is 1. The Morgan fingerprint density at radius 1 is 1.58 bits per heavy atom. The summed E-state index contributed by atoms with van der Waals surface area (Å²) in [4.78, 5) is 23.1. The number of thioether (sulfide) groups is 1. The van der Waals surface area contributed by atoms with Crippen molar-refractivity contribution in [2.24, 2.45) is 5.73 Å². The molecule has 0 spiro atoms. The van der Waals surface area contributed by atoms with E-state index in [-0.39, 0.29) is 5.69 Å². The van der Waals surface area contributed by atoms with Gasteiger partial charge in [-0.3, -0.25) is 9.36 Å². The molecule has 8 heteroatoms. The van der Waals surface area contributed by atoms with Crippen molar-refractivity contribution in [3.63, 3.8) is 0 Å². The summed E-state index contributed by atoms with van der Waals surface area (Å²) in [5, 5.41) is 6.85. The predicted molar refractivity (Wildman–Crippen MR) is 73.1 cm³/mol. The van der Waals surface area contributed by atoms with E-state index in [0.717, 1.165) is 6.42 Å². The van der Waals surface area contributed by atoms with Gasteiger partial charge in [0, 0.05) is 12.3 Å². The summed E-state index contributed by atoms with van der Waals surface area (Å²) in [6.07, 6.45) is 0.824. The predicted octanol–water partition coefficient (Wildman–Crippen LogP) is 0.354. The van der Waals surface area contributed by atoms with E-state index in [4.69, 9.17) is 10.5 Å². The summed E-state index contributed by atoms with van der Waals surface area (Å²) in [5.74, 6) is -0.165. The zero-order chi connectivity index (χ0) is 14.5. The number of hydrogen-bond donors (Lipinski definition) is 2. The first-order chi connectivity index (χ1) is 8.92. The lowest BCUT2D eigenvalue weighted by molar-refractivity contribution is -0.148.